The number of rotatable bonds is 4. The van der Waals surface area contributed by atoms with E-state index in [2.05, 4.69) is 15.8 Å². The van der Waals surface area contributed by atoms with E-state index in [1.54, 1.807) is 0 Å². The van der Waals surface area contributed by atoms with Crippen LogP contribution in [0.1, 0.15) is 29.9 Å². The average Bonchev–Trinajstić information content (AvgIpc) is 2.75. The second-order valence-corrected chi connectivity index (χ2v) is 4.95. The number of hydrogen-bond donors (Lipinski definition) is 2. The van der Waals surface area contributed by atoms with Crippen LogP contribution in [0.4, 0.5) is 4.79 Å². The first-order valence-corrected chi connectivity index (χ1v) is 6.68. The van der Waals surface area contributed by atoms with Crippen LogP contribution in [0.3, 0.4) is 0 Å². The molecule has 19 heavy (non-hydrogen) atoms. The Bertz CT molecular complexity index is 405. The molecule has 2 amide bonds. The second-order valence-electron chi connectivity index (χ2n) is 4.95. The molecule has 1 atom stereocenters. The van der Waals surface area contributed by atoms with Crippen LogP contribution in [0.5, 0.6) is 0 Å². The maximum absolute atomic E-state index is 11.7. The smallest absolute Gasteiger partial charge is 0.315 e. The molecule has 0 spiro atoms. The predicted octanol–water partition coefficient (Wildman–Crippen LogP) is 1.52. The van der Waals surface area contributed by atoms with Gasteiger partial charge in [-0.25, -0.2) is 4.79 Å². The topological polar surface area (TPSA) is 76.4 Å². The van der Waals surface area contributed by atoms with Crippen LogP contribution in [-0.4, -0.2) is 30.9 Å². The first kappa shape index (κ1) is 13.9. The Morgan fingerprint density at radius 2 is 2.26 bits per heavy atom. The first-order valence-electron chi connectivity index (χ1n) is 6.68. The highest BCUT2D eigenvalue weighted by molar-refractivity contribution is 5.73. The van der Waals surface area contributed by atoms with Gasteiger partial charge in [0, 0.05) is 25.3 Å². The fourth-order valence-corrected chi connectivity index (χ4v) is 2.19. The Kier molecular flexibility index (Phi) is 4.79. The van der Waals surface area contributed by atoms with Crippen LogP contribution in [0, 0.1) is 19.8 Å². The van der Waals surface area contributed by atoms with E-state index in [9.17, 15) is 4.79 Å². The number of hydrogen-bond acceptors (Lipinski definition) is 4. The minimum absolute atomic E-state index is 0.162. The minimum Gasteiger partial charge on any atom is -0.381 e. The molecule has 1 aromatic heterocycles. The zero-order valence-corrected chi connectivity index (χ0v) is 11.5. The fourth-order valence-electron chi connectivity index (χ4n) is 2.19. The van der Waals surface area contributed by atoms with Gasteiger partial charge < -0.3 is 19.9 Å². The van der Waals surface area contributed by atoms with Crippen molar-refractivity contribution in [2.24, 2.45) is 5.92 Å². The van der Waals surface area contributed by atoms with Crippen molar-refractivity contribution in [3.05, 3.63) is 17.0 Å². The summed E-state index contributed by atoms with van der Waals surface area (Å²) in [5, 5.41) is 9.54. The second kappa shape index (κ2) is 6.56. The van der Waals surface area contributed by atoms with Crippen LogP contribution >= 0.6 is 0 Å². The lowest BCUT2D eigenvalue weighted by molar-refractivity contribution is 0.0557. The van der Waals surface area contributed by atoms with Gasteiger partial charge in [0.2, 0.25) is 0 Å². The third kappa shape index (κ3) is 3.96. The minimum atomic E-state index is -0.162. The number of nitrogens with one attached hydrogen (secondary N) is 2. The summed E-state index contributed by atoms with van der Waals surface area (Å²) in [4.78, 5) is 11.7. The molecule has 2 heterocycles. The summed E-state index contributed by atoms with van der Waals surface area (Å²) in [6.45, 7) is 6.39. The summed E-state index contributed by atoms with van der Waals surface area (Å²) < 4.78 is 10.4. The van der Waals surface area contributed by atoms with E-state index in [4.69, 9.17) is 9.26 Å². The van der Waals surface area contributed by atoms with Crippen molar-refractivity contribution in [3.8, 4) is 0 Å². The standard InChI is InChI=1S/C13H21N3O3/c1-9-12(10(2)19-16-9)7-15-13(17)14-6-11-4-3-5-18-8-11/h11H,3-8H2,1-2H3,(H2,14,15,17)/t11-/m1/s1. The number of ether oxygens (including phenoxy) is 1. The summed E-state index contributed by atoms with van der Waals surface area (Å²) >= 11 is 0. The number of carbonyl (C=O) groups excluding carboxylic acids is 1. The highest BCUT2D eigenvalue weighted by Crippen LogP contribution is 2.12. The molecule has 0 bridgehead atoms. The van der Waals surface area contributed by atoms with Crippen LogP contribution in [0.15, 0.2) is 4.52 Å². The number of aromatic nitrogens is 1. The molecule has 0 saturated carbocycles. The van der Waals surface area contributed by atoms with Gasteiger partial charge in [0.25, 0.3) is 0 Å². The number of aryl methyl sites for hydroxylation is 2. The quantitative estimate of drug-likeness (QED) is 0.867. The Morgan fingerprint density at radius 1 is 1.42 bits per heavy atom. The number of urea groups is 1. The van der Waals surface area contributed by atoms with Gasteiger partial charge in [-0.3, -0.25) is 0 Å². The highest BCUT2D eigenvalue weighted by atomic mass is 16.5. The predicted molar refractivity (Wildman–Crippen MR) is 69.8 cm³/mol. The molecule has 0 radical (unpaired) electrons. The molecular formula is C13H21N3O3. The molecule has 6 heteroatoms. The van der Waals surface area contributed by atoms with Crippen LogP contribution in [0.2, 0.25) is 0 Å². The maximum atomic E-state index is 11.7. The molecule has 6 nitrogen and oxygen atoms in total. The van der Waals surface area contributed by atoms with Crippen LogP contribution in [0.25, 0.3) is 0 Å². The molecule has 1 aliphatic rings. The van der Waals surface area contributed by atoms with Gasteiger partial charge in [0.05, 0.1) is 12.3 Å². The van der Waals surface area contributed by atoms with Crippen molar-refractivity contribution in [2.75, 3.05) is 19.8 Å². The van der Waals surface area contributed by atoms with E-state index < -0.39 is 0 Å². The molecule has 1 saturated heterocycles. The van der Waals surface area contributed by atoms with Crippen molar-refractivity contribution in [1.29, 1.82) is 0 Å². The zero-order valence-electron chi connectivity index (χ0n) is 11.5. The van der Waals surface area contributed by atoms with Gasteiger partial charge in [-0.1, -0.05) is 5.16 Å². The average molecular weight is 267 g/mol. The molecule has 0 aliphatic carbocycles. The van der Waals surface area contributed by atoms with E-state index in [0.717, 1.165) is 43.1 Å². The van der Waals surface area contributed by atoms with Crippen molar-refractivity contribution >= 4 is 6.03 Å². The lowest BCUT2D eigenvalue weighted by Crippen LogP contribution is -2.39. The zero-order chi connectivity index (χ0) is 13.7. The molecule has 0 aromatic carbocycles. The molecule has 1 aliphatic heterocycles. The third-order valence-electron chi connectivity index (χ3n) is 3.41. The number of amides is 2. The van der Waals surface area contributed by atoms with Gasteiger partial charge in [-0.05, 0) is 32.6 Å². The molecule has 106 valence electrons. The van der Waals surface area contributed by atoms with Gasteiger partial charge in [-0.15, -0.1) is 0 Å². The largest absolute Gasteiger partial charge is 0.381 e. The van der Waals surface area contributed by atoms with E-state index in [0.29, 0.717) is 19.0 Å². The van der Waals surface area contributed by atoms with E-state index in [-0.39, 0.29) is 6.03 Å². The summed E-state index contributed by atoms with van der Waals surface area (Å²) in [5.41, 5.74) is 1.76. The van der Waals surface area contributed by atoms with Crippen molar-refractivity contribution in [3.63, 3.8) is 0 Å². The van der Waals surface area contributed by atoms with Crippen molar-refractivity contribution in [1.82, 2.24) is 15.8 Å². The fraction of sp³-hybridized carbons (Fsp3) is 0.692. The molecular weight excluding hydrogens is 246 g/mol. The van der Waals surface area contributed by atoms with Gasteiger partial charge in [-0.2, -0.15) is 0 Å². The normalized spacial score (nSPS) is 19.2. The SMILES string of the molecule is Cc1noc(C)c1CNC(=O)NC[C@H]1CCCOC1. The number of nitrogens with zero attached hydrogens (tertiary/aromatic N) is 1. The summed E-state index contributed by atoms with van der Waals surface area (Å²) in [7, 11) is 0. The van der Waals surface area contributed by atoms with Gasteiger partial charge in [0.15, 0.2) is 0 Å². The van der Waals surface area contributed by atoms with Gasteiger partial charge in [0.1, 0.15) is 5.76 Å². The lowest BCUT2D eigenvalue weighted by Gasteiger charge is -2.22. The molecule has 2 rings (SSSR count). The van der Waals surface area contributed by atoms with Crippen molar-refractivity contribution < 1.29 is 14.1 Å². The lowest BCUT2D eigenvalue weighted by atomic mass is 10.0. The summed E-state index contributed by atoms with van der Waals surface area (Å²) in [6, 6.07) is -0.162. The Balaban J connectivity index is 1.69. The van der Waals surface area contributed by atoms with Crippen LogP contribution < -0.4 is 10.6 Å². The van der Waals surface area contributed by atoms with E-state index >= 15 is 0 Å². The molecule has 2 N–H and O–H groups in total. The van der Waals surface area contributed by atoms with E-state index in [1.807, 2.05) is 13.8 Å². The van der Waals surface area contributed by atoms with Crippen molar-refractivity contribution in [2.45, 2.75) is 33.2 Å². The molecule has 1 aromatic rings. The number of carbonyl (C=O) groups is 1. The Labute approximate surface area is 112 Å². The van der Waals surface area contributed by atoms with E-state index in [1.165, 1.54) is 0 Å². The molecule has 1 fully saturated rings. The van der Waals surface area contributed by atoms with Gasteiger partial charge >= 0.3 is 6.03 Å². The first-order chi connectivity index (χ1) is 9.16. The monoisotopic (exact) mass is 267 g/mol. The third-order valence-corrected chi connectivity index (χ3v) is 3.41. The highest BCUT2D eigenvalue weighted by Gasteiger charge is 2.15. The van der Waals surface area contributed by atoms with Crippen LogP contribution in [-0.2, 0) is 11.3 Å². The summed E-state index contributed by atoms with van der Waals surface area (Å²) in [5.74, 6) is 1.18. The molecule has 0 unspecified atom stereocenters. The maximum Gasteiger partial charge on any atom is 0.315 e. The summed E-state index contributed by atoms with van der Waals surface area (Å²) in [6.07, 6.45) is 2.19. The Morgan fingerprint density at radius 3 is 2.89 bits per heavy atom. The Hall–Kier alpha value is -1.56.